The maximum Gasteiger partial charge on any atom is 0.308 e. The minimum Gasteiger partial charge on any atom is -0.481 e. The zero-order valence-electron chi connectivity index (χ0n) is 19.5. The number of ether oxygens (including phenoxy) is 1. The van der Waals surface area contributed by atoms with Crippen molar-refractivity contribution in [3.05, 3.63) is 29.8 Å². The Morgan fingerprint density at radius 3 is 2.47 bits per heavy atom. The SMILES string of the molecule is CC(=O)Oc1ccc(C(=O)NC2CCC(=O)N3CCCC(C(=O)NC(C=O)CC(=O)O)N3C2=O)cc1. The second kappa shape index (κ2) is 11.4. The van der Waals surface area contributed by atoms with Gasteiger partial charge in [0.15, 0.2) is 0 Å². The van der Waals surface area contributed by atoms with E-state index >= 15 is 0 Å². The number of rotatable bonds is 8. The van der Waals surface area contributed by atoms with Gasteiger partial charge in [0.05, 0.1) is 12.5 Å². The third-order valence-corrected chi connectivity index (χ3v) is 5.73. The van der Waals surface area contributed by atoms with Crippen molar-refractivity contribution in [3.8, 4) is 5.75 Å². The highest BCUT2D eigenvalue weighted by atomic mass is 16.5. The van der Waals surface area contributed by atoms with E-state index in [0.29, 0.717) is 6.42 Å². The van der Waals surface area contributed by atoms with Crippen molar-refractivity contribution in [2.75, 3.05) is 6.54 Å². The van der Waals surface area contributed by atoms with Gasteiger partial charge in [-0.05, 0) is 43.5 Å². The molecule has 2 saturated heterocycles. The van der Waals surface area contributed by atoms with Crippen LogP contribution in [0.2, 0.25) is 0 Å². The molecule has 0 aromatic heterocycles. The van der Waals surface area contributed by atoms with Crippen LogP contribution in [0.1, 0.15) is 49.4 Å². The van der Waals surface area contributed by atoms with Crippen LogP contribution in [0, 0.1) is 0 Å². The molecule has 3 atom stereocenters. The number of hydrazine groups is 1. The third kappa shape index (κ3) is 6.23. The van der Waals surface area contributed by atoms with Gasteiger partial charge in [0.2, 0.25) is 11.8 Å². The Hall–Kier alpha value is -4.29. The average molecular weight is 502 g/mol. The zero-order valence-corrected chi connectivity index (χ0v) is 19.5. The molecule has 1 aromatic rings. The molecule has 1 aromatic carbocycles. The summed E-state index contributed by atoms with van der Waals surface area (Å²) in [5, 5.41) is 16.0. The zero-order chi connectivity index (χ0) is 26.4. The fourth-order valence-corrected chi connectivity index (χ4v) is 4.09. The topological polar surface area (TPSA) is 179 Å². The standard InChI is InChI=1S/C23H26N4O9/c1-13(29)36-16-6-4-14(5-7-16)21(33)25-17-8-9-19(30)26-10-2-3-18(27(26)23(17)35)22(34)24-15(12-28)11-20(31)32/h4-7,12,15,17-18H,2-3,8-11H2,1H3,(H,24,34)(H,25,33)(H,31,32). The van der Waals surface area contributed by atoms with Crippen LogP contribution in [0.4, 0.5) is 0 Å². The summed E-state index contributed by atoms with van der Waals surface area (Å²) in [6.07, 6.45) is 0.197. The minimum absolute atomic E-state index is 0.00620. The van der Waals surface area contributed by atoms with E-state index in [0.717, 1.165) is 5.01 Å². The van der Waals surface area contributed by atoms with Gasteiger partial charge in [-0.15, -0.1) is 0 Å². The van der Waals surface area contributed by atoms with Gasteiger partial charge in [-0.25, -0.2) is 5.01 Å². The molecule has 0 radical (unpaired) electrons. The van der Waals surface area contributed by atoms with Gasteiger partial charge in [-0.2, -0.15) is 0 Å². The van der Waals surface area contributed by atoms with Gasteiger partial charge in [0.1, 0.15) is 24.1 Å². The van der Waals surface area contributed by atoms with Crippen molar-refractivity contribution in [1.82, 2.24) is 20.7 Å². The van der Waals surface area contributed by atoms with E-state index in [4.69, 9.17) is 9.84 Å². The number of amides is 4. The maximum absolute atomic E-state index is 13.4. The number of carbonyl (C=O) groups excluding carboxylic acids is 6. The van der Waals surface area contributed by atoms with Crippen LogP contribution in [0.5, 0.6) is 5.75 Å². The number of nitrogens with one attached hydrogen (secondary N) is 2. The Balaban J connectivity index is 1.77. The first kappa shape index (κ1) is 26.3. The Labute approximate surface area is 205 Å². The molecule has 0 spiro atoms. The summed E-state index contributed by atoms with van der Waals surface area (Å²) in [4.78, 5) is 85.0. The lowest BCUT2D eigenvalue weighted by Gasteiger charge is -2.43. The van der Waals surface area contributed by atoms with Crippen molar-refractivity contribution < 1.29 is 43.4 Å². The predicted molar refractivity (Wildman–Crippen MR) is 120 cm³/mol. The molecule has 0 bridgehead atoms. The first-order valence-electron chi connectivity index (χ1n) is 11.3. The Morgan fingerprint density at radius 2 is 1.86 bits per heavy atom. The van der Waals surface area contributed by atoms with Crippen molar-refractivity contribution in [2.45, 2.75) is 57.2 Å². The van der Waals surface area contributed by atoms with E-state index in [2.05, 4.69) is 10.6 Å². The van der Waals surface area contributed by atoms with E-state index in [1.54, 1.807) is 0 Å². The van der Waals surface area contributed by atoms with Gasteiger partial charge in [0.25, 0.3) is 11.8 Å². The van der Waals surface area contributed by atoms with E-state index in [1.165, 1.54) is 36.2 Å². The van der Waals surface area contributed by atoms with E-state index in [-0.39, 0.29) is 43.4 Å². The highest BCUT2D eigenvalue weighted by Crippen LogP contribution is 2.25. The minimum atomic E-state index is -1.30. The normalized spacial score (nSPS) is 20.5. The highest BCUT2D eigenvalue weighted by Gasteiger charge is 2.44. The molecule has 2 fully saturated rings. The molecule has 13 heteroatoms. The molecule has 0 aliphatic carbocycles. The Kier molecular flexibility index (Phi) is 8.35. The van der Waals surface area contributed by atoms with Crippen LogP contribution in [-0.4, -0.2) is 81.6 Å². The van der Waals surface area contributed by atoms with Gasteiger partial charge in [-0.3, -0.25) is 33.8 Å². The largest absolute Gasteiger partial charge is 0.481 e. The number of carbonyl (C=O) groups is 7. The molecule has 2 aliphatic rings. The number of hydrogen-bond donors (Lipinski definition) is 3. The number of benzene rings is 1. The van der Waals surface area contributed by atoms with Gasteiger partial charge >= 0.3 is 11.9 Å². The van der Waals surface area contributed by atoms with E-state index in [1.807, 2.05) is 0 Å². The third-order valence-electron chi connectivity index (χ3n) is 5.73. The molecule has 2 aliphatic heterocycles. The van der Waals surface area contributed by atoms with Crippen molar-refractivity contribution >= 4 is 41.9 Å². The summed E-state index contributed by atoms with van der Waals surface area (Å²) < 4.78 is 4.93. The van der Waals surface area contributed by atoms with Gasteiger partial charge in [-0.1, -0.05) is 0 Å². The second-order valence-corrected chi connectivity index (χ2v) is 8.39. The highest BCUT2D eigenvalue weighted by molar-refractivity contribution is 6.00. The van der Waals surface area contributed by atoms with Crippen molar-refractivity contribution in [1.29, 1.82) is 0 Å². The van der Waals surface area contributed by atoms with Crippen LogP contribution >= 0.6 is 0 Å². The number of hydrogen-bond acceptors (Lipinski definition) is 8. The fraction of sp³-hybridized carbons (Fsp3) is 0.435. The molecule has 3 rings (SSSR count). The molecular weight excluding hydrogens is 476 g/mol. The summed E-state index contributed by atoms with van der Waals surface area (Å²) in [5.74, 6) is -4.02. The molecule has 192 valence electrons. The number of fused-ring (bicyclic) bond motifs is 1. The summed E-state index contributed by atoms with van der Waals surface area (Å²) in [5.41, 5.74) is 0.182. The first-order chi connectivity index (χ1) is 17.1. The molecular formula is C23H26N4O9. The Bertz CT molecular complexity index is 1070. The van der Waals surface area contributed by atoms with Gasteiger partial charge < -0.3 is 25.3 Å². The smallest absolute Gasteiger partial charge is 0.308 e. The molecule has 3 unspecified atom stereocenters. The predicted octanol–water partition coefficient (Wildman–Crippen LogP) is -0.603. The van der Waals surface area contributed by atoms with Crippen LogP contribution in [0.3, 0.4) is 0 Å². The summed E-state index contributed by atoms with van der Waals surface area (Å²) in [7, 11) is 0. The van der Waals surface area contributed by atoms with Crippen LogP contribution in [0.15, 0.2) is 24.3 Å². The number of nitrogens with zero attached hydrogens (tertiary/aromatic N) is 2. The lowest BCUT2D eigenvalue weighted by molar-refractivity contribution is -0.176. The van der Waals surface area contributed by atoms with Crippen LogP contribution in [0.25, 0.3) is 0 Å². The fourth-order valence-electron chi connectivity index (χ4n) is 4.09. The van der Waals surface area contributed by atoms with E-state index < -0.39 is 60.1 Å². The lowest BCUT2D eigenvalue weighted by Crippen LogP contribution is -2.64. The van der Waals surface area contributed by atoms with Crippen LogP contribution < -0.4 is 15.4 Å². The number of carboxylic acids is 1. The lowest BCUT2D eigenvalue weighted by atomic mass is 10.0. The molecule has 3 N–H and O–H groups in total. The monoisotopic (exact) mass is 502 g/mol. The van der Waals surface area contributed by atoms with E-state index in [9.17, 15) is 33.6 Å². The number of aldehydes is 1. The number of esters is 1. The molecule has 0 saturated carbocycles. The quantitative estimate of drug-likeness (QED) is 0.238. The molecule has 4 amide bonds. The molecule has 36 heavy (non-hydrogen) atoms. The van der Waals surface area contributed by atoms with Crippen LogP contribution in [-0.2, 0) is 28.8 Å². The second-order valence-electron chi connectivity index (χ2n) is 8.39. The molecule has 2 heterocycles. The first-order valence-corrected chi connectivity index (χ1v) is 11.3. The van der Waals surface area contributed by atoms with Gasteiger partial charge in [0, 0.05) is 25.5 Å². The Morgan fingerprint density at radius 1 is 1.17 bits per heavy atom. The maximum atomic E-state index is 13.4. The summed E-state index contributed by atoms with van der Waals surface area (Å²) in [6.45, 7) is 1.43. The number of aliphatic carboxylic acids is 1. The average Bonchev–Trinajstić information content (AvgIpc) is 2.95. The van der Waals surface area contributed by atoms with Crippen molar-refractivity contribution in [2.24, 2.45) is 0 Å². The summed E-state index contributed by atoms with van der Waals surface area (Å²) in [6, 6.07) is 2.08. The number of carboxylic acid groups (broad SMARTS) is 1. The van der Waals surface area contributed by atoms with Crippen molar-refractivity contribution in [3.63, 3.8) is 0 Å². The summed E-state index contributed by atoms with van der Waals surface area (Å²) >= 11 is 0. The molecule has 13 nitrogen and oxygen atoms in total.